The number of nitrogens with zero attached hydrogens (tertiary/aromatic N) is 5. The maximum Gasteiger partial charge on any atom is 0.470 e. The van der Waals surface area contributed by atoms with Gasteiger partial charge >= 0.3 is 12.1 Å². The van der Waals surface area contributed by atoms with Crippen molar-refractivity contribution in [1.82, 2.24) is 25.1 Å². The molecule has 0 bridgehead atoms. The third-order valence-electron chi connectivity index (χ3n) is 3.51. The van der Waals surface area contributed by atoms with E-state index in [2.05, 4.69) is 29.9 Å². The molecule has 0 radical (unpaired) electrons. The van der Waals surface area contributed by atoms with Gasteiger partial charge in [-0.3, -0.25) is 4.90 Å². The molecule has 8 nitrogen and oxygen atoms in total. The number of nitrogens with one attached hydrogen (secondary N) is 1. The summed E-state index contributed by atoms with van der Waals surface area (Å²) >= 11 is 0. The van der Waals surface area contributed by atoms with Crippen molar-refractivity contribution < 1.29 is 22.3 Å². The fraction of sp³-hybridized carbons (Fsp3) is 0.538. The predicted octanol–water partition coefficient (Wildman–Crippen LogP) is 1.57. The average molecular weight is 344 g/mol. The number of aromatic nitrogens is 4. The van der Waals surface area contributed by atoms with Crippen LogP contribution >= 0.6 is 0 Å². The van der Waals surface area contributed by atoms with E-state index in [9.17, 15) is 13.2 Å². The summed E-state index contributed by atoms with van der Waals surface area (Å²) in [5, 5.41) is 9.63. The number of hydrogen-bond donors (Lipinski definition) is 1. The number of halogens is 3. The minimum absolute atomic E-state index is 0.0550. The van der Waals surface area contributed by atoms with Gasteiger partial charge in [0.25, 0.3) is 0 Å². The second kappa shape index (κ2) is 6.59. The lowest BCUT2D eigenvalue weighted by Crippen LogP contribution is -2.26. The highest BCUT2D eigenvalue weighted by atomic mass is 19.4. The molecule has 0 saturated carbocycles. The van der Waals surface area contributed by atoms with Crippen molar-refractivity contribution in [2.75, 3.05) is 25.5 Å². The van der Waals surface area contributed by atoms with E-state index in [4.69, 9.17) is 4.74 Å². The van der Waals surface area contributed by atoms with Crippen molar-refractivity contribution in [3.05, 3.63) is 24.0 Å². The molecule has 0 amide bonds. The molecule has 1 aliphatic heterocycles. The van der Waals surface area contributed by atoms with Crippen molar-refractivity contribution in [1.29, 1.82) is 0 Å². The van der Waals surface area contributed by atoms with Crippen LogP contribution in [0.3, 0.4) is 0 Å². The summed E-state index contributed by atoms with van der Waals surface area (Å²) in [5.74, 6) is -0.483. The van der Waals surface area contributed by atoms with Crippen molar-refractivity contribution in [2.45, 2.75) is 25.2 Å². The SMILES string of the molecule is COc1ccnc(NC2CCN(Cc3nnc(C(F)(F)F)o3)C2)n1. The zero-order valence-electron chi connectivity index (χ0n) is 12.7. The van der Waals surface area contributed by atoms with Gasteiger partial charge in [0, 0.05) is 31.4 Å². The lowest BCUT2D eigenvalue weighted by atomic mass is 10.3. The van der Waals surface area contributed by atoms with E-state index >= 15 is 0 Å². The number of alkyl halides is 3. The molecule has 1 N–H and O–H groups in total. The molecular weight excluding hydrogens is 329 g/mol. The molecule has 0 spiro atoms. The predicted molar refractivity (Wildman–Crippen MR) is 75.2 cm³/mol. The number of anilines is 1. The fourth-order valence-corrected chi connectivity index (χ4v) is 2.43. The van der Waals surface area contributed by atoms with Gasteiger partial charge in [0.15, 0.2) is 0 Å². The van der Waals surface area contributed by atoms with Gasteiger partial charge < -0.3 is 14.5 Å². The Kier molecular flexibility index (Phi) is 4.51. The third-order valence-corrected chi connectivity index (χ3v) is 3.51. The first-order valence-electron chi connectivity index (χ1n) is 7.19. The van der Waals surface area contributed by atoms with Crippen LogP contribution in [-0.4, -0.2) is 51.3 Å². The van der Waals surface area contributed by atoms with Gasteiger partial charge in [-0.15, -0.1) is 10.2 Å². The van der Waals surface area contributed by atoms with Gasteiger partial charge in [0.2, 0.25) is 17.7 Å². The molecule has 1 aliphatic rings. The van der Waals surface area contributed by atoms with E-state index in [0.717, 1.165) is 6.42 Å². The lowest BCUT2D eigenvalue weighted by Gasteiger charge is -2.15. The number of methoxy groups -OCH3 is 1. The zero-order chi connectivity index (χ0) is 17.2. The van der Waals surface area contributed by atoms with Gasteiger partial charge in [-0.05, 0) is 6.42 Å². The highest BCUT2D eigenvalue weighted by molar-refractivity contribution is 5.29. The fourth-order valence-electron chi connectivity index (χ4n) is 2.43. The Balaban J connectivity index is 1.54. The Bertz CT molecular complexity index is 692. The summed E-state index contributed by atoms with van der Waals surface area (Å²) in [7, 11) is 1.52. The molecule has 1 fully saturated rings. The Morgan fingerprint density at radius 3 is 2.96 bits per heavy atom. The summed E-state index contributed by atoms with van der Waals surface area (Å²) < 4.78 is 47.0. The highest BCUT2D eigenvalue weighted by Gasteiger charge is 2.38. The van der Waals surface area contributed by atoms with Crippen LogP contribution in [0.2, 0.25) is 0 Å². The number of hydrogen-bond acceptors (Lipinski definition) is 8. The van der Waals surface area contributed by atoms with Crippen LogP contribution < -0.4 is 10.1 Å². The number of ether oxygens (including phenoxy) is 1. The highest BCUT2D eigenvalue weighted by Crippen LogP contribution is 2.28. The third kappa shape index (κ3) is 3.91. The Labute approximate surface area is 135 Å². The molecular formula is C13H15F3N6O2. The van der Waals surface area contributed by atoms with Crippen LogP contribution in [0.4, 0.5) is 19.1 Å². The number of rotatable bonds is 5. The first-order valence-corrected chi connectivity index (χ1v) is 7.19. The summed E-state index contributed by atoms with van der Waals surface area (Å²) in [6, 6.07) is 1.71. The minimum atomic E-state index is -4.62. The number of likely N-dealkylation sites (tertiary alicyclic amines) is 1. The second-order valence-corrected chi connectivity index (χ2v) is 5.29. The van der Waals surface area contributed by atoms with Gasteiger partial charge in [-0.1, -0.05) is 0 Å². The monoisotopic (exact) mass is 344 g/mol. The van der Waals surface area contributed by atoms with Crippen LogP contribution in [0.1, 0.15) is 18.2 Å². The molecule has 1 saturated heterocycles. The summed E-state index contributed by atoms with van der Waals surface area (Å²) in [4.78, 5) is 10.2. The minimum Gasteiger partial charge on any atom is -0.481 e. The lowest BCUT2D eigenvalue weighted by molar-refractivity contribution is -0.157. The molecule has 0 aliphatic carbocycles. The Morgan fingerprint density at radius 1 is 1.42 bits per heavy atom. The molecule has 3 heterocycles. The average Bonchev–Trinajstić information content (AvgIpc) is 3.17. The molecule has 0 aromatic carbocycles. The maximum absolute atomic E-state index is 12.4. The van der Waals surface area contributed by atoms with Gasteiger partial charge in [0.05, 0.1) is 13.7 Å². The molecule has 1 unspecified atom stereocenters. The molecule has 2 aromatic rings. The Hall–Kier alpha value is -2.43. The van der Waals surface area contributed by atoms with Crippen LogP contribution in [0, 0.1) is 0 Å². The van der Waals surface area contributed by atoms with Crippen LogP contribution in [0.15, 0.2) is 16.7 Å². The summed E-state index contributed by atoms with van der Waals surface area (Å²) in [5.41, 5.74) is 0. The van der Waals surface area contributed by atoms with Crippen LogP contribution in [0.25, 0.3) is 0 Å². The normalized spacial score (nSPS) is 18.8. The molecule has 24 heavy (non-hydrogen) atoms. The smallest absolute Gasteiger partial charge is 0.470 e. The van der Waals surface area contributed by atoms with Crippen molar-refractivity contribution >= 4 is 5.95 Å². The molecule has 3 rings (SSSR count). The molecule has 11 heteroatoms. The Morgan fingerprint density at radius 2 is 2.25 bits per heavy atom. The van der Waals surface area contributed by atoms with Crippen molar-refractivity contribution in [3.63, 3.8) is 0 Å². The van der Waals surface area contributed by atoms with Gasteiger partial charge in [-0.2, -0.15) is 18.2 Å². The summed E-state index contributed by atoms with van der Waals surface area (Å²) in [6.07, 6.45) is -2.25. The first kappa shape index (κ1) is 16.4. The van der Waals surface area contributed by atoms with Crippen LogP contribution in [0.5, 0.6) is 5.88 Å². The van der Waals surface area contributed by atoms with E-state index in [0.29, 0.717) is 24.9 Å². The van der Waals surface area contributed by atoms with Gasteiger partial charge in [-0.25, -0.2) is 4.98 Å². The standard InChI is InChI=1S/C13H15F3N6O2/c1-23-9-2-4-17-12(19-9)18-8-3-5-22(6-8)7-10-20-21-11(24-10)13(14,15)16/h2,4,8H,3,5-7H2,1H3,(H,17,18,19). The van der Waals surface area contributed by atoms with Crippen LogP contribution in [-0.2, 0) is 12.7 Å². The van der Waals surface area contributed by atoms with E-state index in [1.807, 2.05) is 4.90 Å². The van der Waals surface area contributed by atoms with E-state index < -0.39 is 12.1 Å². The molecule has 2 aromatic heterocycles. The topological polar surface area (TPSA) is 89.2 Å². The second-order valence-electron chi connectivity index (χ2n) is 5.29. The van der Waals surface area contributed by atoms with Crippen molar-refractivity contribution in [2.24, 2.45) is 0 Å². The summed E-state index contributed by atoms with van der Waals surface area (Å²) in [6.45, 7) is 1.45. The van der Waals surface area contributed by atoms with Crippen molar-refractivity contribution in [3.8, 4) is 5.88 Å². The van der Waals surface area contributed by atoms with E-state index in [1.165, 1.54) is 7.11 Å². The quantitative estimate of drug-likeness (QED) is 0.874. The zero-order valence-corrected chi connectivity index (χ0v) is 12.7. The van der Waals surface area contributed by atoms with Gasteiger partial charge in [0.1, 0.15) is 0 Å². The maximum atomic E-state index is 12.4. The van der Waals surface area contributed by atoms with E-state index in [1.54, 1.807) is 12.3 Å². The first-order chi connectivity index (χ1) is 11.4. The molecule has 130 valence electrons. The molecule has 1 atom stereocenters. The largest absolute Gasteiger partial charge is 0.481 e. The van der Waals surface area contributed by atoms with E-state index in [-0.39, 0.29) is 18.5 Å².